The van der Waals surface area contributed by atoms with Crippen molar-refractivity contribution in [1.29, 1.82) is 0 Å². The molecule has 1 aromatic carbocycles. The van der Waals surface area contributed by atoms with Crippen molar-refractivity contribution in [3.8, 4) is 0 Å². The van der Waals surface area contributed by atoms with Crippen LogP contribution in [0, 0.1) is 5.82 Å². The molecule has 5 heteroatoms. The summed E-state index contributed by atoms with van der Waals surface area (Å²) in [5.74, 6) is -0.455. The molecule has 12 heavy (non-hydrogen) atoms. The Kier molecular flexibility index (Phi) is 2.44. The zero-order chi connectivity index (χ0) is 9.14. The Bertz CT molecular complexity index is 314. The molecule has 0 aliphatic carbocycles. The van der Waals surface area contributed by atoms with Crippen molar-refractivity contribution in [2.45, 2.75) is 0 Å². The molecule has 1 rings (SSSR count). The van der Waals surface area contributed by atoms with E-state index in [1.165, 1.54) is 18.2 Å². The van der Waals surface area contributed by atoms with Gasteiger partial charge in [-0.05, 0) is 30.4 Å². The first kappa shape index (κ1) is 8.73. The van der Waals surface area contributed by atoms with Gasteiger partial charge in [-0.1, -0.05) is 0 Å². The number of thiocarbonyl (C=S) groups is 1. The van der Waals surface area contributed by atoms with Gasteiger partial charge in [-0.15, -0.1) is 0 Å². The highest BCUT2D eigenvalue weighted by Gasteiger charge is 1.98. The molecule has 0 aliphatic rings. The van der Waals surface area contributed by atoms with E-state index in [0.29, 0.717) is 5.69 Å². The minimum Gasteiger partial charge on any atom is -0.396 e. The fraction of sp³-hybridized carbons (Fsp3) is 0. The second-order valence-electron chi connectivity index (χ2n) is 2.23. The Hall–Kier alpha value is -1.36. The van der Waals surface area contributed by atoms with E-state index in [0.717, 1.165) is 0 Å². The SMILES string of the molecule is NC(=S)Nc1ccc(F)c(N)c1. The van der Waals surface area contributed by atoms with Crippen molar-refractivity contribution >= 4 is 28.7 Å². The predicted molar refractivity (Wildman–Crippen MR) is 51.2 cm³/mol. The van der Waals surface area contributed by atoms with E-state index in [2.05, 4.69) is 17.5 Å². The molecule has 1 aromatic rings. The summed E-state index contributed by atoms with van der Waals surface area (Å²) in [5, 5.41) is 2.76. The molecule has 5 N–H and O–H groups in total. The maximum absolute atomic E-state index is 12.6. The minimum absolute atomic E-state index is 0.0660. The van der Waals surface area contributed by atoms with Crippen molar-refractivity contribution in [2.75, 3.05) is 11.1 Å². The van der Waals surface area contributed by atoms with E-state index < -0.39 is 5.82 Å². The summed E-state index contributed by atoms with van der Waals surface area (Å²) in [6.45, 7) is 0. The molecule has 0 aromatic heterocycles. The number of nitrogens with one attached hydrogen (secondary N) is 1. The van der Waals surface area contributed by atoms with Crippen LogP contribution in [-0.2, 0) is 0 Å². The van der Waals surface area contributed by atoms with Crippen LogP contribution < -0.4 is 16.8 Å². The molecular weight excluding hydrogens is 177 g/mol. The summed E-state index contributed by atoms with van der Waals surface area (Å²) in [6.07, 6.45) is 0. The molecule has 0 amide bonds. The largest absolute Gasteiger partial charge is 0.396 e. The third-order valence-electron chi connectivity index (χ3n) is 1.26. The first-order valence-corrected chi connectivity index (χ1v) is 3.62. The van der Waals surface area contributed by atoms with Gasteiger partial charge in [0, 0.05) is 5.69 Å². The number of halogens is 1. The molecule has 0 saturated carbocycles. The lowest BCUT2D eigenvalue weighted by molar-refractivity contribution is 0.633. The quantitative estimate of drug-likeness (QED) is 0.452. The molecule has 0 fully saturated rings. The molecule has 0 atom stereocenters. The molecule has 0 aliphatic heterocycles. The lowest BCUT2D eigenvalue weighted by Gasteiger charge is -2.04. The average Bonchev–Trinajstić information content (AvgIpc) is 1.96. The lowest BCUT2D eigenvalue weighted by atomic mass is 10.3. The van der Waals surface area contributed by atoms with Crippen LogP contribution in [0.25, 0.3) is 0 Å². The predicted octanol–water partition coefficient (Wildman–Crippen LogP) is 1.06. The molecule has 0 spiro atoms. The van der Waals surface area contributed by atoms with Gasteiger partial charge < -0.3 is 16.8 Å². The molecule has 3 nitrogen and oxygen atoms in total. The number of benzene rings is 1. The summed E-state index contributed by atoms with van der Waals surface area (Å²) in [4.78, 5) is 0. The number of hydrogen-bond donors (Lipinski definition) is 3. The summed E-state index contributed by atoms with van der Waals surface area (Å²) in [7, 11) is 0. The van der Waals surface area contributed by atoms with Crippen LogP contribution in [0.15, 0.2) is 18.2 Å². The number of hydrogen-bond acceptors (Lipinski definition) is 2. The van der Waals surface area contributed by atoms with Crippen LogP contribution in [0.3, 0.4) is 0 Å². The Labute approximate surface area is 74.6 Å². The van der Waals surface area contributed by atoms with Crippen LogP contribution >= 0.6 is 12.2 Å². The second-order valence-corrected chi connectivity index (χ2v) is 2.67. The van der Waals surface area contributed by atoms with Crippen molar-refractivity contribution in [2.24, 2.45) is 5.73 Å². The van der Waals surface area contributed by atoms with Gasteiger partial charge in [-0.2, -0.15) is 0 Å². The standard InChI is InChI=1S/C7H8FN3S/c8-5-2-1-4(3-6(5)9)11-7(10)12/h1-3H,9H2,(H3,10,11,12). The van der Waals surface area contributed by atoms with Gasteiger partial charge in [0.25, 0.3) is 0 Å². The lowest BCUT2D eigenvalue weighted by Crippen LogP contribution is -2.18. The first-order chi connectivity index (χ1) is 5.59. The van der Waals surface area contributed by atoms with Crippen LogP contribution in [-0.4, -0.2) is 5.11 Å². The third kappa shape index (κ3) is 2.06. The number of nitrogen functional groups attached to an aromatic ring is 1. The van der Waals surface area contributed by atoms with Crippen molar-refractivity contribution in [3.63, 3.8) is 0 Å². The maximum atomic E-state index is 12.6. The first-order valence-electron chi connectivity index (χ1n) is 3.21. The van der Waals surface area contributed by atoms with Crippen LogP contribution in [0.1, 0.15) is 0 Å². The topological polar surface area (TPSA) is 64.1 Å². The molecule has 0 radical (unpaired) electrons. The van der Waals surface area contributed by atoms with Gasteiger partial charge in [0.15, 0.2) is 5.11 Å². The van der Waals surface area contributed by atoms with E-state index >= 15 is 0 Å². The van der Waals surface area contributed by atoms with Gasteiger partial charge in [0.05, 0.1) is 5.69 Å². The number of anilines is 2. The zero-order valence-electron chi connectivity index (χ0n) is 6.17. The van der Waals surface area contributed by atoms with Gasteiger partial charge >= 0.3 is 0 Å². The van der Waals surface area contributed by atoms with E-state index in [-0.39, 0.29) is 10.8 Å². The highest BCUT2D eigenvalue weighted by molar-refractivity contribution is 7.80. The van der Waals surface area contributed by atoms with E-state index in [1.54, 1.807) is 0 Å². The van der Waals surface area contributed by atoms with Crippen molar-refractivity contribution in [1.82, 2.24) is 0 Å². The highest BCUT2D eigenvalue weighted by atomic mass is 32.1. The van der Waals surface area contributed by atoms with Crippen molar-refractivity contribution < 1.29 is 4.39 Å². The fourth-order valence-corrected chi connectivity index (χ4v) is 0.882. The smallest absolute Gasteiger partial charge is 0.168 e. The Morgan fingerprint density at radius 2 is 2.17 bits per heavy atom. The van der Waals surface area contributed by atoms with E-state index in [9.17, 15) is 4.39 Å². The molecule has 64 valence electrons. The molecule has 0 bridgehead atoms. The van der Waals surface area contributed by atoms with E-state index in [4.69, 9.17) is 11.5 Å². The summed E-state index contributed by atoms with van der Waals surface area (Å²) in [5.41, 5.74) is 11.1. The molecular formula is C7H8FN3S. The molecule has 0 heterocycles. The van der Waals surface area contributed by atoms with Gasteiger partial charge in [0.1, 0.15) is 5.82 Å². The Balaban J connectivity index is 2.89. The Morgan fingerprint density at radius 1 is 1.50 bits per heavy atom. The Morgan fingerprint density at radius 3 is 2.67 bits per heavy atom. The summed E-state index contributed by atoms with van der Waals surface area (Å²) in [6, 6.07) is 4.18. The monoisotopic (exact) mass is 185 g/mol. The summed E-state index contributed by atoms with van der Waals surface area (Å²) < 4.78 is 12.6. The fourth-order valence-electron chi connectivity index (χ4n) is 0.764. The second kappa shape index (κ2) is 3.36. The molecule has 0 unspecified atom stereocenters. The number of nitrogens with two attached hydrogens (primary N) is 2. The maximum Gasteiger partial charge on any atom is 0.168 e. The van der Waals surface area contributed by atoms with E-state index in [1.807, 2.05) is 0 Å². The normalized spacial score (nSPS) is 9.42. The van der Waals surface area contributed by atoms with Gasteiger partial charge in [-0.25, -0.2) is 4.39 Å². The highest BCUT2D eigenvalue weighted by Crippen LogP contribution is 2.15. The van der Waals surface area contributed by atoms with Gasteiger partial charge in [0.2, 0.25) is 0 Å². The van der Waals surface area contributed by atoms with Crippen molar-refractivity contribution in [3.05, 3.63) is 24.0 Å². The number of rotatable bonds is 1. The zero-order valence-corrected chi connectivity index (χ0v) is 6.99. The van der Waals surface area contributed by atoms with Crippen LogP contribution in [0.4, 0.5) is 15.8 Å². The third-order valence-corrected chi connectivity index (χ3v) is 1.37. The minimum atomic E-state index is -0.455. The molecule has 0 saturated heterocycles. The summed E-state index contributed by atoms with van der Waals surface area (Å²) >= 11 is 4.59. The average molecular weight is 185 g/mol. The van der Waals surface area contributed by atoms with Gasteiger partial charge in [-0.3, -0.25) is 0 Å². The van der Waals surface area contributed by atoms with Crippen LogP contribution in [0.2, 0.25) is 0 Å². The van der Waals surface area contributed by atoms with Crippen LogP contribution in [0.5, 0.6) is 0 Å².